The van der Waals surface area contributed by atoms with E-state index in [1.807, 2.05) is 48.9 Å². The van der Waals surface area contributed by atoms with Gasteiger partial charge in [0.15, 0.2) is 0 Å². The number of nitrogens with one attached hydrogen (secondary N) is 1. The Hall–Kier alpha value is -2.70. The van der Waals surface area contributed by atoms with Gasteiger partial charge in [-0.1, -0.05) is 18.2 Å². The molecule has 0 aliphatic rings. The number of carbonyl (C=O) groups is 1. The molecule has 3 heterocycles. The van der Waals surface area contributed by atoms with Crippen molar-refractivity contribution in [3.05, 3.63) is 86.5 Å². The van der Waals surface area contributed by atoms with Gasteiger partial charge in [0.1, 0.15) is 6.04 Å². The van der Waals surface area contributed by atoms with Crippen LogP contribution in [0.2, 0.25) is 0 Å². The lowest BCUT2D eigenvalue weighted by atomic mass is 10.1. The van der Waals surface area contributed by atoms with Gasteiger partial charge in [0.05, 0.1) is 5.69 Å². The maximum atomic E-state index is 12.7. The number of thiophene rings is 2. The summed E-state index contributed by atoms with van der Waals surface area (Å²) in [7, 11) is 0. The molecular weight excluding hydrogens is 386 g/mol. The lowest BCUT2D eigenvalue weighted by Crippen LogP contribution is -2.31. The minimum atomic E-state index is -0.0695. The highest BCUT2D eigenvalue weighted by Crippen LogP contribution is 2.25. The zero-order valence-electron chi connectivity index (χ0n) is 15.8. The molecule has 1 aromatic carbocycles. The van der Waals surface area contributed by atoms with Crippen LogP contribution in [0.4, 0.5) is 0 Å². The van der Waals surface area contributed by atoms with Crippen LogP contribution in [0.25, 0.3) is 11.1 Å². The lowest BCUT2D eigenvalue weighted by Gasteiger charge is -2.19. The molecule has 1 unspecified atom stereocenters. The molecular formula is C22H21N3OS2. The van der Waals surface area contributed by atoms with Gasteiger partial charge in [-0.15, -0.1) is 11.3 Å². The first-order chi connectivity index (χ1) is 13.6. The van der Waals surface area contributed by atoms with Crippen LogP contribution in [0.3, 0.4) is 0 Å². The minimum Gasteiger partial charge on any atom is -0.350 e. The van der Waals surface area contributed by atoms with Crippen LogP contribution in [-0.4, -0.2) is 22.2 Å². The zero-order chi connectivity index (χ0) is 19.5. The predicted molar refractivity (Wildman–Crippen MR) is 116 cm³/mol. The Balaban J connectivity index is 1.49. The third-order valence-electron chi connectivity index (χ3n) is 4.67. The number of hydrogen-bond acceptors (Lipinski definition) is 4. The standard InChI is InChI=1S/C22H21N3OS2/c1-15-12-16(2)25(24-15)20(21-4-3-10-28-21)13-23-22(26)18-7-5-17(6-8-18)19-9-11-27-14-19/h3-12,14,20H,13H2,1-2H3,(H,23,26). The van der Waals surface area contributed by atoms with Gasteiger partial charge < -0.3 is 5.32 Å². The van der Waals surface area contributed by atoms with E-state index in [4.69, 9.17) is 0 Å². The summed E-state index contributed by atoms with van der Waals surface area (Å²) in [6.07, 6.45) is 0. The highest BCUT2D eigenvalue weighted by Gasteiger charge is 2.19. The summed E-state index contributed by atoms with van der Waals surface area (Å²) < 4.78 is 2.00. The van der Waals surface area contributed by atoms with Crippen LogP contribution < -0.4 is 5.32 Å². The van der Waals surface area contributed by atoms with E-state index in [1.54, 1.807) is 22.7 Å². The Morgan fingerprint density at radius 2 is 1.93 bits per heavy atom. The summed E-state index contributed by atoms with van der Waals surface area (Å²) in [5.41, 5.74) is 5.04. The third kappa shape index (κ3) is 3.93. The van der Waals surface area contributed by atoms with Gasteiger partial charge in [-0.05, 0) is 71.4 Å². The Kier molecular flexibility index (Phi) is 5.41. The number of aryl methyl sites for hydroxylation is 2. The fourth-order valence-corrected chi connectivity index (χ4v) is 4.76. The second kappa shape index (κ2) is 8.12. The third-order valence-corrected chi connectivity index (χ3v) is 6.33. The highest BCUT2D eigenvalue weighted by molar-refractivity contribution is 7.10. The molecule has 0 saturated heterocycles. The first-order valence-corrected chi connectivity index (χ1v) is 10.9. The molecule has 4 rings (SSSR count). The van der Waals surface area contributed by atoms with Gasteiger partial charge in [-0.25, -0.2) is 0 Å². The monoisotopic (exact) mass is 407 g/mol. The van der Waals surface area contributed by atoms with E-state index in [0.29, 0.717) is 12.1 Å². The fourth-order valence-electron chi connectivity index (χ4n) is 3.28. The number of aromatic nitrogens is 2. The maximum absolute atomic E-state index is 12.7. The van der Waals surface area contributed by atoms with Crippen LogP contribution in [0.15, 0.2) is 64.7 Å². The molecule has 0 aliphatic heterocycles. The quantitative estimate of drug-likeness (QED) is 0.471. The Labute approximate surface area is 172 Å². The molecule has 6 heteroatoms. The largest absolute Gasteiger partial charge is 0.350 e. The van der Waals surface area contributed by atoms with Crippen molar-refractivity contribution in [3.8, 4) is 11.1 Å². The molecule has 0 radical (unpaired) electrons. The molecule has 0 saturated carbocycles. The first-order valence-electron chi connectivity index (χ1n) is 9.09. The average molecular weight is 408 g/mol. The van der Waals surface area contributed by atoms with E-state index in [9.17, 15) is 4.79 Å². The molecule has 3 aromatic heterocycles. The summed E-state index contributed by atoms with van der Waals surface area (Å²) in [6.45, 7) is 4.53. The van der Waals surface area contributed by atoms with E-state index in [2.05, 4.69) is 44.8 Å². The van der Waals surface area contributed by atoms with Crippen molar-refractivity contribution in [1.29, 1.82) is 0 Å². The first kappa shape index (κ1) is 18.7. The van der Waals surface area contributed by atoms with Gasteiger partial charge in [0.2, 0.25) is 0 Å². The Bertz CT molecular complexity index is 1050. The summed E-state index contributed by atoms with van der Waals surface area (Å²) in [5, 5.41) is 13.9. The highest BCUT2D eigenvalue weighted by atomic mass is 32.1. The predicted octanol–water partition coefficient (Wildman–Crippen LogP) is 5.31. The number of benzene rings is 1. The minimum absolute atomic E-state index is 0.0114. The van der Waals surface area contributed by atoms with Crippen molar-refractivity contribution in [2.75, 3.05) is 6.54 Å². The average Bonchev–Trinajstić information content (AvgIpc) is 3.45. The van der Waals surface area contributed by atoms with Crippen LogP contribution >= 0.6 is 22.7 Å². The van der Waals surface area contributed by atoms with E-state index in [-0.39, 0.29) is 11.9 Å². The van der Waals surface area contributed by atoms with Gasteiger partial charge in [-0.3, -0.25) is 9.48 Å². The van der Waals surface area contributed by atoms with Crippen molar-refractivity contribution >= 4 is 28.6 Å². The van der Waals surface area contributed by atoms with Crippen LogP contribution in [0, 0.1) is 13.8 Å². The Morgan fingerprint density at radius 3 is 2.54 bits per heavy atom. The van der Waals surface area contributed by atoms with E-state index in [0.717, 1.165) is 17.0 Å². The summed E-state index contributed by atoms with van der Waals surface area (Å²) in [6, 6.07) is 16.0. The lowest BCUT2D eigenvalue weighted by molar-refractivity contribution is 0.0949. The van der Waals surface area contributed by atoms with Gasteiger partial charge in [0.25, 0.3) is 5.91 Å². The zero-order valence-corrected chi connectivity index (χ0v) is 17.4. The second-order valence-electron chi connectivity index (χ2n) is 6.70. The molecule has 0 bridgehead atoms. The molecule has 0 spiro atoms. The number of nitrogens with zero attached hydrogens (tertiary/aromatic N) is 2. The fraction of sp³-hybridized carbons (Fsp3) is 0.182. The van der Waals surface area contributed by atoms with Gasteiger partial charge >= 0.3 is 0 Å². The summed E-state index contributed by atoms with van der Waals surface area (Å²) >= 11 is 3.35. The molecule has 142 valence electrons. The SMILES string of the molecule is Cc1cc(C)n(C(CNC(=O)c2ccc(-c3ccsc3)cc2)c2cccs2)n1. The van der Waals surface area contributed by atoms with Crippen molar-refractivity contribution < 1.29 is 4.79 Å². The number of hydrogen-bond donors (Lipinski definition) is 1. The molecule has 0 aliphatic carbocycles. The molecule has 0 fully saturated rings. The second-order valence-corrected chi connectivity index (χ2v) is 8.46. The molecule has 28 heavy (non-hydrogen) atoms. The molecule has 1 atom stereocenters. The van der Waals surface area contributed by atoms with Crippen molar-refractivity contribution in [2.45, 2.75) is 19.9 Å². The molecule has 1 amide bonds. The Morgan fingerprint density at radius 1 is 1.11 bits per heavy atom. The number of amides is 1. The van der Waals surface area contributed by atoms with Gasteiger partial charge in [0, 0.05) is 22.7 Å². The van der Waals surface area contributed by atoms with Crippen LogP contribution in [0.5, 0.6) is 0 Å². The van der Waals surface area contributed by atoms with Crippen molar-refractivity contribution in [2.24, 2.45) is 0 Å². The molecule has 1 N–H and O–H groups in total. The number of carbonyl (C=O) groups excluding carboxylic acids is 1. The van der Waals surface area contributed by atoms with Gasteiger partial charge in [-0.2, -0.15) is 16.4 Å². The van der Waals surface area contributed by atoms with Crippen molar-refractivity contribution in [3.63, 3.8) is 0 Å². The van der Waals surface area contributed by atoms with Crippen LogP contribution in [0.1, 0.15) is 32.7 Å². The topological polar surface area (TPSA) is 46.9 Å². The molecule has 4 nitrogen and oxygen atoms in total. The normalized spacial score (nSPS) is 12.1. The van der Waals surface area contributed by atoms with Crippen molar-refractivity contribution in [1.82, 2.24) is 15.1 Å². The summed E-state index contributed by atoms with van der Waals surface area (Å²) in [4.78, 5) is 13.9. The number of rotatable bonds is 6. The van der Waals surface area contributed by atoms with E-state index < -0.39 is 0 Å². The summed E-state index contributed by atoms with van der Waals surface area (Å²) in [5.74, 6) is -0.0695. The van der Waals surface area contributed by atoms with E-state index >= 15 is 0 Å². The smallest absolute Gasteiger partial charge is 0.251 e. The van der Waals surface area contributed by atoms with Crippen LogP contribution in [-0.2, 0) is 0 Å². The molecule has 4 aromatic rings. The maximum Gasteiger partial charge on any atom is 0.251 e. The van der Waals surface area contributed by atoms with E-state index in [1.165, 1.54) is 10.4 Å².